The molecule has 142 valence electrons. The van der Waals surface area contributed by atoms with Crippen molar-refractivity contribution in [3.63, 3.8) is 0 Å². The molecule has 5 heteroatoms. The number of benzene rings is 1. The van der Waals surface area contributed by atoms with Crippen LogP contribution in [0.5, 0.6) is 0 Å². The van der Waals surface area contributed by atoms with Gasteiger partial charge in [0.05, 0.1) is 18.1 Å². The van der Waals surface area contributed by atoms with Crippen LogP contribution in [-0.4, -0.2) is 22.5 Å². The molecule has 1 aliphatic carbocycles. The highest BCUT2D eigenvalue weighted by atomic mass is 16.3. The normalized spacial score (nSPS) is 17.0. The summed E-state index contributed by atoms with van der Waals surface area (Å²) >= 11 is 0. The predicted molar refractivity (Wildman–Crippen MR) is 102 cm³/mol. The van der Waals surface area contributed by atoms with Crippen molar-refractivity contribution in [1.29, 1.82) is 5.26 Å². The van der Waals surface area contributed by atoms with Crippen LogP contribution in [0.25, 0.3) is 0 Å². The van der Waals surface area contributed by atoms with E-state index in [2.05, 4.69) is 6.07 Å². The fourth-order valence-electron chi connectivity index (χ4n) is 4.36. The second kappa shape index (κ2) is 7.87. The van der Waals surface area contributed by atoms with Gasteiger partial charge < -0.3 is 5.11 Å². The zero-order chi connectivity index (χ0) is 20.5. The van der Waals surface area contributed by atoms with Crippen molar-refractivity contribution < 1.29 is 19.5 Å². The fraction of sp³-hybridized carbons (Fsp3) is 0.455. The molecule has 0 unspecified atom stereocenters. The van der Waals surface area contributed by atoms with Gasteiger partial charge in [-0.1, -0.05) is 6.92 Å². The van der Waals surface area contributed by atoms with Gasteiger partial charge in [-0.15, -0.1) is 0 Å². The van der Waals surface area contributed by atoms with E-state index in [9.17, 15) is 24.8 Å². The second-order valence-corrected chi connectivity index (χ2v) is 7.16. The van der Waals surface area contributed by atoms with Crippen molar-refractivity contribution in [3.8, 4) is 6.07 Å². The Morgan fingerprint density at radius 2 is 1.67 bits per heavy atom. The second-order valence-electron chi connectivity index (χ2n) is 7.16. The monoisotopic (exact) mass is 367 g/mol. The Kier molecular flexibility index (Phi) is 6.00. The molecule has 0 aromatic heterocycles. The molecule has 0 amide bonds. The Morgan fingerprint density at radius 3 is 2.11 bits per heavy atom. The molecule has 1 aromatic carbocycles. The summed E-state index contributed by atoms with van der Waals surface area (Å²) < 4.78 is 0. The average molecular weight is 367 g/mol. The number of hydrogen-bond donors (Lipinski definition) is 1. The Bertz CT molecular complexity index is 895. The first-order valence-corrected chi connectivity index (χ1v) is 9.14. The van der Waals surface area contributed by atoms with E-state index in [0.29, 0.717) is 5.56 Å². The number of nitriles is 1. The van der Waals surface area contributed by atoms with Crippen molar-refractivity contribution in [2.45, 2.75) is 66.2 Å². The largest absolute Gasteiger partial charge is 0.511 e. The van der Waals surface area contributed by atoms with E-state index in [-0.39, 0.29) is 60.3 Å². The number of hydrogen-bond acceptors (Lipinski definition) is 5. The van der Waals surface area contributed by atoms with Crippen LogP contribution in [0.1, 0.15) is 77.2 Å². The van der Waals surface area contributed by atoms with Gasteiger partial charge in [-0.05, 0) is 61.4 Å². The van der Waals surface area contributed by atoms with Crippen LogP contribution in [0.2, 0.25) is 0 Å². The molecule has 1 N–H and O–H groups in total. The first-order chi connectivity index (χ1) is 12.6. The van der Waals surface area contributed by atoms with Crippen molar-refractivity contribution in [3.05, 3.63) is 44.7 Å². The standard InChI is InChI=1S/C22H25NO4/c1-6-17(25)22-18(26)9-15(10-19(22)27)21-12(3)16(7-8-23)11(2)20(13(21)4)14(5)24/h15,25H,6-7,9-10H2,1-5H3. The third kappa shape index (κ3) is 3.57. The van der Waals surface area contributed by atoms with Crippen molar-refractivity contribution in [2.75, 3.05) is 0 Å². The number of rotatable bonds is 4. The SMILES string of the molecule is CCC(O)=C1C(=O)CC(c2c(C)c(CC#N)c(C)c(C(C)=O)c2C)CC1=O. The number of allylic oxidation sites excluding steroid dienone is 2. The van der Waals surface area contributed by atoms with Gasteiger partial charge in [0.25, 0.3) is 0 Å². The molecule has 5 nitrogen and oxygen atoms in total. The molecule has 0 spiro atoms. The molecule has 0 saturated heterocycles. The maximum absolute atomic E-state index is 12.5. The Balaban J connectivity index is 2.67. The van der Waals surface area contributed by atoms with Gasteiger partial charge in [0.1, 0.15) is 5.76 Å². The molecule has 0 radical (unpaired) electrons. The predicted octanol–water partition coefficient (Wildman–Crippen LogP) is 4.12. The van der Waals surface area contributed by atoms with Crippen molar-refractivity contribution in [1.82, 2.24) is 0 Å². The summed E-state index contributed by atoms with van der Waals surface area (Å²) in [6.07, 6.45) is 0.626. The summed E-state index contributed by atoms with van der Waals surface area (Å²) in [5, 5.41) is 19.1. The molecule has 0 heterocycles. The lowest BCUT2D eigenvalue weighted by Crippen LogP contribution is -2.28. The van der Waals surface area contributed by atoms with Crippen molar-refractivity contribution >= 4 is 17.3 Å². The van der Waals surface area contributed by atoms with E-state index in [1.807, 2.05) is 20.8 Å². The molecule has 0 atom stereocenters. The lowest BCUT2D eigenvalue weighted by molar-refractivity contribution is -0.124. The van der Waals surface area contributed by atoms with Gasteiger partial charge in [0.15, 0.2) is 17.3 Å². The number of carbonyl (C=O) groups is 3. The van der Waals surface area contributed by atoms with E-state index in [4.69, 9.17) is 0 Å². The minimum absolute atomic E-state index is 0.0831. The summed E-state index contributed by atoms with van der Waals surface area (Å²) in [4.78, 5) is 37.3. The maximum Gasteiger partial charge on any atom is 0.170 e. The van der Waals surface area contributed by atoms with Crippen molar-refractivity contribution in [2.24, 2.45) is 0 Å². The Labute approximate surface area is 159 Å². The van der Waals surface area contributed by atoms with Gasteiger partial charge >= 0.3 is 0 Å². The van der Waals surface area contributed by atoms with Gasteiger partial charge in [0.2, 0.25) is 0 Å². The van der Waals surface area contributed by atoms with Crippen LogP contribution in [0.15, 0.2) is 11.3 Å². The fourth-order valence-corrected chi connectivity index (χ4v) is 4.36. The summed E-state index contributed by atoms with van der Waals surface area (Å²) in [5.41, 5.74) is 4.53. The van der Waals surface area contributed by atoms with Gasteiger partial charge in [-0.25, -0.2) is 0 Å². The number of ketones is 3. The zero-order valence-electron chi connectivity index (χ0n) is 16.5. The highest BCUT2D eigenvalue weighted by molar-refractivity contribution is 6.22. The first kappa shape index (κ1) is 20.6. The van der Waals surface area contributed by atoms with Gasteiger partial charge in [-0.2, -0.15) is 5.26 Å². The van der Waals surface area contributed by atoms with Crippen LogP contribution >= 0.6 is 0 Å². The van der Waals surface area contributed by atoms with Gasteiger partial charge in [0, 0.05) is 24.8 Å². The Morgan fingerprint density at radius 1 is 1.11 bits per heavy atom. The highest BCUT2D eigenvalue weighted by Crippen LogP contribution is 2.39. The third-order valence-corrected chi connectivity index (χ3v) is 5.52. The zero-order valence-corrected chi connectivity index (χ0v) is 16.5. The smallest absolute Gasteiger partial charge is 0.170 e. The summed E-state index contributed by atoms with van der Waals surface area (Å²) in [5.74, 6) is -1.32. The van der Waals surface area contributed by atoms with E-state index in [0.717, 1.165) is 27.8 Å². The summed E-state index contributed by atoms with van der Waals surface area (Å²) in [6.45, 7) is 8.74. The number of aliphatic hydroxyl groups is 1. The number of Topliss-reactive ketones (excluding diaryl/α,β-unsaturated/α-hetero) is 3. The van der Waals surface area contributed by atoms with Crippen LogP contribution in [0.3, 0.4) is 0 Å². The van der Waals surface area contributed by atoms with Crippen LogP contribution < -0.4 is 0 Å². The molecular weight excluding hydrogens is 342 g/mol. The minimum Gasteiger partial charge on any atom is -0.511 e. The van der Waals surface area contributed by atoms with Crippen LogP contribution in [0.4, 0.5) is 0 Å². The number of nitrogens with zero attached hydrogens (tertiary/aromatic N) is 1. The van der Waals surface area contributed by atoms with Crippen LogP contribution in [-0.2, 0) is 16.0 Å². The number of carbonyl (C=O) groups excluding carboxylic acids is 3. The third-order valence-electron chi connectivity index (χ3n) is 5.52. The van der Waals surface area contributed by atoms with Gasteiger partial charge in [-0.3, -0.25) is 14.4 Å². The molecular formula is C22H25NO4. The first-order valence-electron chi connectivity index (χ1n) is 9.14. The molecule has 2 rings (SSSR count). The topological polar surface area (TPSA) is 95.2 Å². The van der Waals surface area contributed by atoms with E-state index in [1.165, 1.54) is 6.92 Å². The quantitative estimate of drug-likeness (QED) is 0.374. The van der Waals surface area contributed by atoms with Crippen LogP contribution in [0, 0.1) is 32.1 Å². The highest BCUT2D eigenvalue weighted by Gasteiger charge is 2.36. The van der Waals surface area contributed by atoms with E-state index in [1.54, 1.807) is 6.92 Å². The average Bonchev–Trinajstić information content (AvgIpc) is 2.57. The molecule has 27 heavy (non-hydrogen) atoms. The summed E-state index contributed by atoms with van der Waals surface area (Å²) in [7, 11) is 0. The molecule has 0 bridgehead atoms. The maximum atomic E-state index is 12.5. The lowest BCUT2D eigenvalue weighted by Gasteiger charge is -2.29. The Hall–Kier alpha value is -2.74. The number of aliphatic hydroxyl groups excluding tert-OH is 1. The molecule has 1 saturated carbocycles. The molecule has 1 fully saturated rings. The van der Waals surface area contributed by atoms with E-state index >= 15 is 0 Å². The molecule has 1 aliphatic rings. The van der Waals surface area contributed by atoms with E-state index < -0.39 is 0 Å². The summed E-state index contributed by atoms with van der Waals surface area (Å²) in [6, 6.07) is 2.14. The lowest BCUT2D eigenvalue weighted by atomic mass is 9.73. The minimum atomic E-state index is -0.360. The molecule has 1 aromatic rings. The molecule has 0 aliphatic heterocycles.